The van der Waals surface area contributed by atoms with E-state index < -0.39 is 5.97 Å². The zero-order valence-electron chi connectivity index (χ0n) is 11.1. The molecule has 0 bridgehead atoms. The van der Waals surface area contributed by atoms with Crippen molar-refractivity contribution in [3.05, 3.63) is 37.5 Å². The maximum atomic E-state index is 11.9. The van der Waals surface area contributed by atoms with Crippen molar-refractivity contribution >= 4 is 34.6 Å². The number of aryl methyl sites for hydroxylation is 2. The molecule has 7 heteroatoms. The van der Waals surface area contributed by atoms with E-state index in [-0.39, 0.29) is 10.8 Å². The first-order valence-electron chi connectivity index (χ1n) is 6.01. The third-order valence-electron chi connectivity index (χ3n) is 2.68. The van der Waals surface area contributed by atoms with Crippen LogP contribution in [0, 0.1) is 13.8 Å². The summed E-state index contributed by atoms with van der Waals surface area (Å²) in [5.74, 6) is -1.24. The predicted molar refractivity (Wildman–Crippen MR) is 78.9 cm³/mol. The van der Waals surface area contributed by atoms with E-state index in [0.717, 1.165) is 28.5 Å². The number of aromatic nitrogens is 1. The summed E-state index contributed by atoms with van der Waals surface area (Å²) in [6, 6.07) is 2.98. The summed E-state index contributed by atoms with van der Waals surface area (Å²) >= 11 is 2.61. The van der Waals surface area contributed by atoms with Gasteiger partial charge in [0.25, 0.3) is 5.91 Å². The van der Waals surface area contributed by atoms with Crippen molar-refractivity contribution in [3.63, 3.8) is 0 Å². The number of carboxylic acid groups (broad SMARTS) is 1. The standard InChI is InChI=1S/C13H14N2O3S2/c1-7-9(19-8(2)15-7)5-6-14-12(16)10-3-4-11(20-10)13(17)18/h3-4H,5-6H2,1-2H3,(H,14,16)(H,17,18). The minimum absolute atomic E-state index is 0.170. The van der Waals surface area contributed by atoms with Gasteiger partial charge in [0.05, 0.1) is 15.6 Å². The van der Waals surface area contributed by atoms with Crippen LogP contribution < -0.4 is 5.32 Å². The molecule has 2 rings (SSSR count). The average molecular weight is 310 g/mol. The van der Waals surface area contributed by atoms with E-state index in [0.29, 0.717) is 11.4 Å². The van der Waals surface area contributed by atoms with E-state index in [1.54, 1.807) is 11.3 Å². The molecule has 5 nitrogen and oxygen atoms in total. The number of nitrogens with zero attached hydrogens (tertiary/aromatic N) is 1. The third-order valence-corrected chi connectivity index (χ3v) is 4.88. The summed E-state index contributed by atoms with van der Waals surface area (Å²) in [7, 11) is 0. The molecule has 0 fully saturated rings. The molecule has 0 unspecified atom stereocenters. The first-order valence-corrected chi connectivity index (χ1v) is 7.65. The fraction of sp³-hybridized carbons (Fsp3) is 0.308. The Morgan fingerprint density at radius 1 is 1.25 bits per heavy atom. The fourth-order valence-corrected chi connectivity index (χ4v) is 3.45. The SMILES string of the molecule is Cc1nc(C)c(CCNC(=O)c2ccc(C(=O)O)s2)s1. The highest BCUT2D eigenvalue weighted by Gasteiger charge is 2.13. The van der Waals surface area contributed by atoms with Gasteiger partial charge in [-0.05, 0) is 26.0 Å². The first-order chi connectivity index (χ1) is 9.47. The van der Waals surface area contributed by atoms with Crippen LogP contribution in [0.25, 0.3) is 0 Å². The van der Waals surface area contributed by atoms with E-state index in [1.807, 2.05) is 13.8 Å². The number of aromatic carboxylic acids is 1. The molecule has 0 saturated carbocycles. The Labute approximate surface area is 124 Å². The Bertz CT molecular complexity index is 646. The molecular weight excluding hydrogens is 296 g/mol. The summed E-state index contributed by atoms with van der Waals surface area (Å²) in [4.78, 5) is 28.7. The van der Waals surface area contributed by atoms with Gasteiger partial charge >= 0.3 is 5.97 Å². The minimum Gasteiger partial charge on any atom is -0.477 e. The number of hydrogen-bond acceptors (Lipinski definition) is 5. The van der Waals surface area contributed by atoms with Crippen LogP contribution in [0.15, 0.2) is 12.1 Å². The van der Waals surface area contributed by atoms with Crippen LogP contribution in [0.4, 0.5) is 0 Å². The van der Waals surface area contributed by atoms with Gasteiger partial charge in [0.15, 0.2) is 0 Å². The topological polar surface area (TPSA) is 79.3 Å². The van der Waals surface area contributed by atoms with Crippen LogP contribution >= 0.6 is 22.7 Å². The van der Waals surface area contributed by atoms with Crippen LogP contribution in [0.1, 0.15) is 34.9 Å². The van der Waals surface area contributed by atoms with Crippen molar-refractivity contribution in [1.82, 2.24) is 10.3 Å². The Morgan fingerprint density at radius 2 is 1.95 bits per heavy atom. The van der Waals surface area contributed by atoms with Crippen LogP contribution in [0.5, 0.6) is 0 Å². The minimum atomic E-state index is -1.01. The molecule has 0 atom stereocenters. The molecule has 2 aromatic rings. The molecule has 0 aliphatic heterocycles. The molecule has 106 valence electrons. The highest BCUT2D eigenvalue weighted by atomic mass is 32.1. The second-order valence-corrected chi connectivity index (χ2v) is 6.59. The lowest BCUT2D eigenvalue weighted by molar-refractivity contribution is 0.0702. The molecule has 0 saturated heterocycles. The van der Waals surface area contributed by atoms with Crippen molar-refractivity contribution in [2.24, 2.45) is 0 Å². The normalized spacial score (nSPS) is 10.5. The number of rotatable bonds is 5. The van der Waals surface area contributed by atoms with Gasteiger partial charge in [-0.15, -0.1) is 22.7 Å². The monoisotopic (exact) mass is 310 g/mol. The van der Waals surface area contributed by atoms with E-state index >= 15 is 0 Å². The molecule has 1 amide bonds. The number of nitrogens with one attached hydrogen (secondary N) is 1. The number of amides is 1. The van der Waals surface area contributed by atoms with Gasteiger partial charge in [-0.25, -0.2) is 9.78 Å². The van der Waals surface area contributed by atoms with E-state index in [4.69, 9.17) is 5.11 Å². The lowest BCUT2D eigenvalue weighted by Gasteiger charge is -2.02. The zero-order chi connectivity index (χ0) is 14.7. The number of thiophene rings is 1. The molecule has 0 spiro atoms. The summed E-state index contributed by atoms with van der Waals surface area (Å²) < 4.78 is 0. The van der Waals surface area contributed by atoms with E-state index in [2.05, 4.69) is 10.3 Å². The fourth-order valence-electron chi connectivity index (χ4n) is 1.76. The van der Waals surface area contributed by atoms with Crippen LogP contribution in [-0.2, 0) is 6.42 Å². The number of carboxylic acids is 1. The Hall–Kier alpha value is -1.73. The molecule has 0 aromatic carbocycles. The van der Waals surface area contributed by atoms with Crippen molar-refractivity contribution in [2.75, 3.05) is 6.54 Å². The molecule has 0 radical (unpaired) electrons. The van der Waals surface area contributed by atoms with Crippen molar-refractivity contribution in [2.45, 2.75) is 20.3 Å². The van der Waals surface area contributed by atoms with Crippen molar-refractivity contribution < 1.29 is 14.7 Å². The Kier molecular flexibility index (Phi) is 4.51. The maximum absolute atomic E-state index is 11.9. The van der Waals surface area contributed by atoms with Gasteiger partial charge in [-0.1, -0.05) is 0 Å². The van der Waals surface area contributed by atoms with Crippen LogP contribution in [-0.4, -0.2) is 28.5 Å². The highest BCUT2D eigenvalue weighted by molar-refractivity contribution is 7.15. The smallest absolute Gasteiger partial charge is 0.345 e. The molecule has 0 aliphatic rings. The number of hydrogen-bond donors (Lipinski definition) is 2. The molecule has 2 N–H and O–H groups in total. The summed E-state index contributed by atoms with van der Waals surface area (Å²) in [5.41, 5.74) is 1.01. The first kappa shape index (κ1) is 14.7. The predicted octanol–water partition coefficient (Wildman–Crippen LogP) is 2.49. The number of thiazole rings is 1. The Balaban J connectivity index is 1.88. The summed E-state index contributed by atoms with van der Waals surface area (Å²) in [6.07, 6.45) is 0.736. The van der Waals surface area contributed by atoms with Gasteiger partial charge in [0.2, 0.25) is 0 Å². The highest BCUT2D eigenvalue weighted by Crippen LogP contribution is 2.18. The zero-order valence-corrected chi connectivity index (χ0v) is 12.7. The number of carbonyl (C=O) groups excluding carboxylic acids is 1. The van der Waals surface area contributed by atoms with Crippen LogP contribution in [0.2, 0.25) is 0 Å². The second kappa shape index (κ2) is 6.15. The van der Waals surface area contributed by atoms with Crippen LogP contribution in [0.3, 0.4) is 0 Å². The van der Waals surface area contributed by atoms with Gasteiger partial charge in [-0.2, -0.15) is 0 Å². The Morgan fingerprint density at radius 3 is 2.50 bits per heavy atom. The lowest BCUT2D eigenvalue weighted by Crippen LogP contribution is -2.24. The lowest BCUT2D eigenvalue weighted by atomic mass is 10.3. The van der Waals surface area contributed by atoms with Gasteiger partial charge in [0, 0.05) is 17.8 Å². The van der Waals surface area contributed by atoms with E-state index in [9.17, 15) is 9.59 Å². The van der Waals surface area contributed by atoms with Gasteiger partial charge in [-0.3, -0.25) is 4.79 Å². The summed E-state index contributed by atoms with van der Waals surface area (Å²) in [6.45, 7) is 4.43. The molecule has 2 aromatic heterocycles. The second-order valence-electron chi connectivity index (χ2n) is 4.22. The average Bonchev–Trinajstić information content (AvgIpc) is 2.97. The largest absolute Gasteiger partial charge is 0.477 e. The number of carbonyl (C=O) groups is 2. The van der Waals surface area contributed by atoms with Gasteiger partial charge in [0.1, 0.15) is 4.88 Å². The van der Waals surface area contributed by atoms with Gasteiger partial charge < -0.3 is 10.4 Å². The molecule has 20 heavy (non-hydrogen) atoms. The third kappa shape index (κ3) is 3.43. The molecular formula is C13H14N2O3S2. The quantitative estimate of drug-likeness (QED) is 0.889. The molecule has 2 heterocycles. The molecule has 0 aliphatic carbocycles. The maximum Gasteiger partial charge on any atom is 0.345 e. The van der Waals surface area contributed by atoms with Crippen molar-refractivity contribution in [1.29, 1.82) is 0 Å². The summed E-state index contributed by atoms with van der Waals surface area (Å²) in [5, 5.41) is 12.6. The van der Waals surface area contributed by atoms with Crippen molar-refractivity contribution in [3.8, 4) is 0 Å². The van der Waals surface area contributed by atoms with E-state index in [1.165, 1.54) is 17.0 Å².